The minimum Gasteiger partial charge on any atom is -0.409 e. The third-order valence-corrected chi connectivity index (χ3v) is 8.90. The normalized spacial score (nSPS) is 20.6. The first-order valence-electron chi connectivity index (χ1n) is 11.3. The molecule has 2 saturated carbocycles. The molecular formula is C22H30N4O3S2. The lowest BCUT2D eigenvalue weighted by Gasteiger charge is -2.27. The molecule has 31 heavy (non-hydrogen) atoms. The van der Waals surface area contributed by atoms with Crippen molar-refractivity contribution in [3.8, 4) is 11.5 Å². The minimum atomic E-state index is -3.51. The largest absolute Gasteiger partial charge is 0.409 e. The van der Waals surface area contributed by atoms with Gasteiger partial charge in [-0.05, 0) is 87.8 Å². The highest BCUT2D eigenvalue weighted by atomic mass is 32.2. The molecular weight excluding hydrogens is 432 g/mol. The van der Waals surface area contributed by atoms with E-state index >= 15 is 0 Å². The van der Waals surface area contributed by atoms with E-state index in [0.717, 1.165) is 31.1 Å². The topological polar surface area (TPSA) is 71.6 Å². The smallest absolute Gasteiger partial charge is 0.288 e. The zero-order valence-electron chi connectivity index (χ0n) is 17.9. The molecule has 3 aliphatic rings. The lowest BCUT2D eigenvalue weighted by molar-refractivity contribution is 0.143. The molecule has 0 spiro atoms. The van der Waals surface area contributed by atoms with Gasteiger partial charge in [0.05, 0.1) is 11.6 Å². The monoisotopic (exact) mass is 462 g/mol. The Labute approximate surface area is 189 Å². The van der Waals surface area contributed by atoms with E-state index in [9.17, 15) is 8.42 Å². The van der Waals surface area contributed by atoms with Gasteiger partial charge in [-0.15, -0.1) is 5.10 Å². The maximum atomic E-state index is 13.0. The van der Waals surface area contributed by atoms with Gasteiger partial charge in [0, 0.05) is 24.7 Å². The molecule has 1 saturated heterocycles. The highest BCUT2D eigenvalue weighted by molar-refractivity contribution is 7.89. The summed E-state index contributed by atoms with van der Waals surface area (Å²) in [5, 5.41) is 4.59. The Morgan fingerprint density at radius 3 is 2.48 bits per heavy atom. The summed E-state index contributed by atoms with van der Waals surface area (Å²) in [4.78, 5) is 2.95. The third kappa shape index (κ3) is 4.51. The van der Waals surface area contributed by atoms with Gasteiger partial charge in [-0.2, -0.15) is 4.31 Å². The molecule has 3 fully saturated rings. The van der Waals surface area contributed by atoms with Crippen LogP contribution in [0.4, 0.5) is 0 Å². The summed E-state index contributed by atoms with van der Waals surface area (Å²) in [7, 11) is -1.37. The molecule has 2 aromatic rings. The molecule has 0 atom stereocenters. The summed E-state index contributed by atoms with van der Waals surface area (Å²) in [6.45, 7) is 1.75. The predicted molar refractivity (Wildman–Crippen MR) is 120 cm³/mol. The highest BCUT2D eigenvalue weighted by Crippen LogP contribution is 2.46. The standard InChI is InChI=1S/C22H30N4O3S2/c1-24(20(16-8-9-16)17-10-11-17)15-26-22(30)29-21(23-26)18-6-5-7-19(14-18)31(27,28)25-12-3-2-4-13-25/h5-7,14,16-17,20H,2-4,8-13,15H2,1H3. The molecule has 0 N–H and O–H groups in total. The Morgan fingerprint density at radius 1 is 1.16 bits per heavy atom. The number of hydrogen-bond acceptors (Lipinski definition) is 6. The van der Waals surface area contributed by atoms with Crippen LogP contribution in [-0.4, -0.2) is 53.6 Å². The van der Waals surface area contributed by atoms with Gasteiger partial charge in [0.25, 0.3) is 4.84 Å². The molecule has 9 heteroatoms. The van der Waals surface area contributed by atoms with Gasteiger partial charge in [-0.1, -0.05) is 12.5 Å². The SMILES string of the molecule is CN(Cn1nc(-c2cccc(S(=O)(=O)N3CCCCC3)c2)oc1=S)C(C1CC1)C1CC1. The van der Waals surface area contributed by atoms with Crippen LogP contribution in [0.15, 0.2) is 33.6 Å². The molecule has 2 aliphatic carbocycles. The predicted octanol–water partition coefficient (Wildman–Crippen LogP) is 4.13. The summed E-state index contributed by atoms with van der Waals surface area (Å²) >= 11 is 5.43. The number of rotatable bonds is 8. The lowest BCUT2D eigenvalue weighted by Crippen LogP contribution is -2.37. The summed E-state index contributed by atoms with van der Waals surface area (Å²) < 4.78 is 35.2. The van der Waals surface area contributed by atoms with E-state index in [1.165, 1.54) is 25.7 Å². The van der Waals surface area contributed by atoms with Crippen LogP contribution in [-0.2, 0) is 16.7 Å². The van der Waals surface area contributed by atoms with Crippen LogP contribution in [0.5, 0.6) is 0 Å². The second kappa shape index (κ2) is 8.42. The average Bonchev–Trinajstić information content (AvgIpc) is 3.71. The minimum absolute atomic E-state index is 0.280. The third-order valence-electron chi connectivity index (χ3n) is 6.72. The van der Waals surface area contributed by atoms with Crippen LogP contribution in [0.2, 0.25) is 0 Å². The molecule has 2 heterocycles. The molecule has 0 amide bonds. The molecule has 1 aliphatic heterocycles. The maximum absolute atomic E-state index is 13.0. The highest BCUT2D eigenvalue weighted by Gasteiger charge is 2.43. The molecule has 0 bridgehead atoms. The van der Waals surface area contributed by atoms with Crippen LogP contribution < -0.4 is 0 Å². The zero-order valence-corrected chi connectivity index (χ0v) is 19.6. The Balaban J connectivity index is 1.36. The molecule has 0 radical (unpaired) electrons. The lowest BCUT2D eigenvalue weighted by atomic mass is 10.1. The molecule has 168 valence electrons. The molecule has 1 aromatic heterocycles. The van der Waals surface area contributed by atoms with Crippen molar-refractivity contribution in [1.29, 1.82) is 0 Å². The fourth-order valence-corrected chi connectivity index (χ4v) is 6.58. The fourth-order valence-electron chi connectivity index (χ4n) is 4.84. The van der Waals surface area contributed by atoms with E-state index in [1.807, 2.05) is 6.07 Å². The van der Waals surface area contributed by atoms with Crippen molar-refractivity contribution in [2.24, 2.45) is 11.8 Å². The Hall–Kier alpha value is -1.55. The Kier molecular flexibility index (Phi) is 5.79. The van der Waals surface area contributed by atoms with Crippen molar-refractivity contribution >= 4 is 22.2 Å². The first kappa shape index (κ1) is 21.3. The number of sulfonamides is 1. The van der Waals surface area contributed by atoms with E-state index in [1.54, 1.807) is 27.2 Å². The molecule has 7 nitrogen and oxygen atoms in total. The average molecular weight is 463 g/mol. The van der Waals surface area contributed by atoms with E-state index in [4.69, 9.17) is 16.6 Å². The number of piperidine rings is 1. The van der Waals surface area contributed by atoms with Crippen LogP contribution in [0, 0.1) is 16.7 Å². The second-order valence-corrected chi connectivity index (χ2v) is 11.5. The second-order valence-electron chi connectivity index (χ2n) is 9.23. The van der Waals surface area contributed by atoms with E-state index in [0.29, 0.717) is 42.1 Å². The van der Waals surface area contributed by atoms with Crippen LogP contribution >= 0.6 is 12.2 Å². The van der Waals surface area contributed by atoms with Gasteiger partial charge in [-0.3, -0.25) is 4.90 Å². The van der Waals surface area contributed by atoms with Crippen molar-refractivity contribution < 1.29 is 12.8 Å². The molecule has 5 rings (SSSR count). The quantitative estimate of drug-likeness (QED) is 0.550. The van der Waals surface area contributed by atoms with Gasteiger partial charge in [0.15, 0.2) is 0 Å². The van der Waals surface area contributed by atoms with E-state index in [-0.39, 0.29) is 4.90 Å². The van der Waals surface area contributed by atoms with E-state index in [2.05, 4.69) is 17.0 Å². The van der Waals surface area contributed by atoms with Crippen molar-refractivity contribution in [3.05, 3.63) is 29.1 Å². The van der Waals surface area contributed by atoms with Crippen LogP contribution in [0.25, 0.3) is 11.5 Å². The fraction of sp³-hybridized carbons (Fsp3) is 0.636. The van der Waals surface area contributed by atoms with Crippen molar-refractivity contribution in [3.63, 3.8) is 0 Å². The number of hydrogen-bond donors (Lipinski definition) is 0. The number of benzene rings is 1. The first-order chi connectivity index (χ1) is 14.9. The maximum Gasteiger partial charge on any atom is 0.288 e. The van der Waals surface area contributed by atoms with Gasteiger partial charge in [-0.25, -0.2) is 13.1 Å². The number of aromatic nitrogens is 2. The van der Waals surface area contributed by atoms with Crippen LogP contribution in [0.1, 0.15) is 44.9 Å². The zero-order chi connectivity index (χ0) is 21.6. The molecule has 1 aromatic carbocycles. The Morgan fingerprint density at radius 2 is 1.84 bits per heavy atom. The van der Waals surface area contributed by atoms with Crippen LogP contribution in [0.3, 0.4) is 0 Å². The van der Waals surface area contributed by atoms with Gasteiger partial charge < -0.3 is 4.42 Å². The summed E-state index contributed by atoms with van der Waals surface area (Å²) in [5.74, 6) is 1.97. The summed E-state index contributed by atoms with van der Waals surface area (Å²) in [6.07, 6.45) is 8.18. The van der Waals surface area contributed by atoms with Gasteiger partial charge in [0.2, 0.25) is 15.9 Å². The first-order valence-corrected chi connectivity index (χ1v) is 13.2. The molecule has 0 unspecified atom stereocenters. The van der Waals surface area contributed by atoms with Gasteiger partial charge in [0.1, 0.15) is 0 Å². The van der Waals surface area contributed by atoms with Gasteiger partial charge >= 0.3 is 0 Å². The van der Waals surface area contributed by atoms with Crippen molar-refractivity contribution in [2.45, 2.75) is 62.6 Å². The summed E-state index contributed by atoms with van der Waals surface area (Å²) in [6, 6.07) is 7.45. The van der Waals surface area contributed by atoms with Crippen molar-refractivity contribution in [2.75, 3.05) is 20.1 Å². The van der Waals surface area contributed by atoms with E-state index < -0.39 is 10.0 Å². The summed E-state index contributed by atoms with van der Waals surface area (Å²) in [5.41, 5.74) is 0.631. The Bertz CT molecular complexity index is 1080. The van der Waals surface area contributed by atoms with Crippen molar-refractivity contribution in [1.82, 2.24) is 19.0 Å². The number of nitrogens with zero attached hydrogens (tertiary/aromatic N) is 4.